The van der Waals surface area contributed by atoms with Crippen LogP contribution in [-0.4, -0.2) is 53.0 Å². The van der Waals surface area contributed by atoms with Crippen molar-refractivity contribution < 1.29 is 29.4 Å². The van der Waals surface area contributed by atoms with Crippen LogP contribution in [0.25, 0.3) is 0 Å². The van der Waals surface area contributed by atoms with Gasteiger partial charge in [-0.3, -0.25) is 14.4 Å². The summed E-state index contributed by atoms with van der Waals surface area (Å²) in [6, 6.07) is 9.01. The number of phenols is 1. The molecule has 0 aliphatic heterocycles. The van der Waals surface area contributed by atoms with Gasteiger partial charge in [-0.1, -0.05) is 23.7 Å². The van der Waals surface area contributed by atoms with Crippen molar-refractivity contribution in [2.75, 3.05) is 13.1 Å². The van der Waals surface area contributed by atoms with Gasteiger partial charge in [-0.15, -0.1) is 0 Å². The van der Waals surface area contributed by atoms with Crippen LogP contribution in [0.1, 0.15) is 39.1 Å². The lowest BCUT2D eigenvalue weighted by Crippen LogP contribution is -2.48. The second-order valence-corrected chi connectivity index (χ2v) is 7.51. The Balaban J connectivity index is 1.98. The zero-order valence-corrected chi connectivity index (χ0v) is 18.4. The number of hydrogen-bond acceptors (Lipinski definition) is 6. The monoisotopic (exact) mass is 476 g/mol. The summed E-state index contributed by atoms with van der Waals surface area (Å²) in [7, 11) is 0. The number of carbonyl (C=O) groups excluding carboxylic acids is 3. The molecule has 0 bridgehead atoms. The molecule has 2 aromatic rings. The molecule has 10 nitrogen and oxygen atoms in total. The Morgan fingerprint density at radius 1 is 1.03 bits per heavy atom. The number of amides is 3. The van der Waals surface area contributed by atoms with Gasteiger partial charge in [-0.05, 0) is 48.9 Å². The van der Waals surface area contributed by atoms with Gasteiger partial charge in [0.15, 0.2) is 0 Å². The minimum atomic E-state index is -1.37. The summed E-state index contributed by atoms with van der Waals surface area (Å²) in [5.74, 6) is -2.84. The number of carbonyl (C=O) groups is 4. The SMILES string of the molecule is NCCCC(=O)NC[C@H](NC(=O)c1ccc(C(=O)NCc2cccc(O)c2)cc1Cl)C(=O)O. The highest BCUT2D eigenvalue weighted by atomic mass is 35.5. The van der Waals surface area contributed by atoms with E-state index >= 15 is 0 Å². The predicted molar refractivity (Wildman–Crippen MR) is 121 cm³/mol. The summed E-state index contributed by atoms with van der Waals surface area (Å²) >= 11 is 6.15. The Labute approximate surface area is 195 Å². The number of nitrogens with one attached hydrogen (secondary N) is 3. The van der Waals surface area contributed by atoms with Crippen LogP contribution in [0, 0.1) is 0 Å². The van der Waals surface area contributed by atoms with E-state index in [1.807, 2.05) is 0 Å². The molecule has 2 aromatic carbocycles. The molecule has 0 aliphatic rings. The third-order valence-corrected chi connectivity index (χ3v) is 4.87. The second kappa shape index (κ2) is 12.4. The van der Waals surface area contributed by atoms with Gasteiger partial charge in [-0.2, -0.15) is 0 Å². The Hall–Kier alpha value is -3.63. The number of rotatable bonds is 11. The van der Waals surface area contributed by atoms with E-state index in [4.69, 9.17) is 17.3 Å². The van der Waals surface area contributed by atoms with Crippen LogP contribution in [0.3, 0.4) is 0 Å². The summed E-state index contributed by atoms with van der Waals surface area (Å²) in [4.78, 5) is 48.0. The smallest absolute Gasteiger partial charge is 0.328 e. The van der Waals surface area contributed by atoms with E-state index in [9.17, 15) is 29.4 Å². The summed E-state index contributed by atoms with van der Waals surface area (Å²) in [5.41, 5.74) is 6.19. The Morgan fingerprint density at radius 2 is 1.79 bits per heavy atom. The molecule has 33 heavy (non-hydrogen) atoms. The van der Waals surface area contributed by atoms with Crippen molar-refractivity contribution in [1.29, 1.82) is 0 Å². The Bertz CT molecular complexity index is 1030. The maximum absolute atomic E-state index is 12.5. The van der Waals surface area contributed by atoms with Crippen molar-refractivity contribution in [3.8, 4) is 5.75 Å². The lowest BCUT2D eigenvalue weighted by Gasteiger charge is -2.16. The topological polar surface area (TPSA) is 171 Å². The molecular formula is C22H25ClN4O6. The Kier molecular flexibility index (Phi) is 9.64. The van der Waals surface area contributed by atoms with Crippen LogP contribution < -0.4 is 21.7 Å². The molecule has 3 amide bonds. The van der Waals surface area contributed by atoms with Gasteiger partial charge in [0.2, 0.25) is 5.91 Å². The van der Waals surface area contributed by atoms with Crippen molar-refractivity contribution in [3.05, 3.63) is 64.2 Å². The molecule has 0 saturated carbocycles. The summed E-state index contributed by atoms with van der Waals surface area (Å²) in [6.45, 7) is 0.191. The number of carboxylic acids is 1. The van der Waals surface area contributed by atoms with Gasteiger partial charge >= 0.3 is 5.97 Å². The zero-order valence-electron chi connectivity index (χ0n) is 17.6. The quantitative estimate of drug-likeness (QED) is 0.281. The summed E-state index contributed by atoms with van der Waals surface area (Å²) in [5, 5.41) is 26.2. The molecule has 0 spiro atoms. The van der Waals surface area contributed by atoms with Crippen LogP contribution in [0.5, 0.6) is 5.75 Å². The van der Waals surface area contributed by atoms with Gasteiger partial charge in [0.1, 0.15) is 11.8 Å². The molecule has 0 fully saturated rings. The number of nitrogens with two attached hydrogens (primary N) is 1. The van der Waals surface area contributed by atoms with Crippen LogP contribution >= 0.6 is 11.6 Å². The molecule has 2 rings (SSSR count). The number of halogens is 1. The molecule has 0 radical (unpaired) electrons. The lowest BCUT2D eigenvalue weighted by atomic mass is 10.1. The maximum Gasteiger partial charge on any atom is 0.328 e. The Morgan fingerprint density at radius 3 is 2.42 bits per heavy atom. The maximum atomic E-state index is 12.5. The molecule has 0 aliphatic carbocycles. The fraction of sp³-hybridized carbons (Fsp3) is 0.273. The first-order chi connectivity index (χ1) is 15.7. The van der Waals surface area contributed by atoms with Crippen LogP contribution in [0.2, 0.25) is 5.02 Å². The van der Waals surface area contributed by atoms with E-state index in [1.165, 1.54) is 30.3 Å². The number of carboxylic acid groups (broad SMARTS) is 1. The lowest BCUT2D eigenvalue weighted by molar-refractivity contribution is -0.139. The van der Waals surface area contributed by atoms with Gasteiger partial charge in [-0.25, -0.2) is 4.79 Å². The highest BCUT2D eigenvalue weighted by Gasteiger charge is 2.23. The van der Waals surface area contributed by atoms with Gasteiger partial charge in [0.05, 0.1) is 10.6 Å². The first kappa shape index (κ1) is 25.6. The molecule has 0 aromatic heterocycles. The number of benzene rings is 2. The van der Waals surface area contributed by atoms with Crippen molar-refractivity contribution in [1.82, 2.24) is 16.0 Å². The van der Waals surface area contributed by atoms with Crippen LogP contribution in [0.4, 0.5) is 0 Å². The van der Waals surface area contributed by atoms with Gasteiger partial charge in [0.25, 0.3) is 11.8 Å². The van der Waals surface area contributed by atoms with Crippen molar-refractivity contribution in [3.63, 3.8) is 0 Å². The average molecular weight is 477 g/mol. The number of aliphatic carboxylic acids is 1. The number of hydrogen-bond donors (Lipinski definition) is 6. The van der Waals surface area contributed by atoms with E-state index in [0.717, 1.165) is 0 Å². The first-order valence-electron chi connectivity index (χ1n) is 10.1. The van der Waals surface area contributed by atoms with Gasteiger partial charge in [0, 0.05) is 25.1 Å². The summed E-state index contributed by atoms with van der Waals surface area (Å²) in [6.07, 6.45) is 0.608. The van der Waals surface area contributed by atoms with Crippen molar-refractivity contribution >= 4 is 35.3 Å². The third kappa shape index (κ3) is 8.09. The largest absolute Gasteiger partial charge is 0.508 e. The molecule has 11 heteroatoms. The van der Waals surface area contributed by atoms with Crippen LogP contribution in [-0.2, 0) is 16.1 Å². The van der Waals surface area contributed by atoms with Crippen LogP contribution in [0.15, 0.2) is 42.5 Å². The van der Waals surface area contributed by atoms with Gasteiger partial charge < -0.3 is 31.9 Å². The number of phenolic OH excluding ortho intramolecular Hbond substituents is 1. The molecule has 0 saturated heterocycles. The first-order valence-corrected chi connectivity index (χ1v) is 10.4. The van der Waals surface area contributed by atoms with Crippen molar-refractivity contribution in [2.24, 2.45) is 5.73 Å². The normalized spacial score (nSPS) is 11.3. The van der Waals surface area contributed by atoms with E-state index in [1.54, 1.807) is 12.1 Å². The zero-order chi connectivity index (χ0) is 24.4. The fourth-order valence-corrected chi connectivity index (χ4v) is 3.06. The number of aromatic hydroxyl groups is 1. The minimum absolute atomic E-state index is 0.0260. The molecule has 7 N–H and O–H groups in total. The molecule has 0 unspecified atom stereocenters. The predicted octanol–water partition coefficient (Wildman–Crippen LogP) is 1.01. The van der Waals surface area contributed by atoms with E-state index < -0.39 is 23.8 Å². The molecule has 176 valence electrons. The van der Waals surface area contributed by atoms with Crippen molar-refractivity contribution in [2.45, 2.75) is 25.4 Å². The molecular weight excluding hydrogens is 452 g/mol. The fourth-order valence-electron chi connectivity index (χ4n) is 2.79. The highest BCUT2D eigenvalue weighted by molar-refractivity contribution is 6.34. The summed E-state index contributed by atoms with van der Waals surface area (Å²) < 4.78 is 0. The standard InChI is InChI=1S/C22H25ClN4O6/c23-17-10-14(20(30)26-11-13-3-1-4-15(28)9-13)6-7-16(17)21(31)27-18(22(32)33)12-25-19(29)5-2-8-24/h1,3-4,6-7,9-10,18,28H,2,5,8,11-12,24H2,(H,25,29)(H,26,30)(H,27,31)(H,32,33)/t18-/m0/s1. The molecule has 1 atom stereocenters. The molecule has 0 heterocycles. The second-order valence-electron chi connectivity index (χ2n) is 7.11. The van der Waals surface area contributed by atoms with E-state index in [2.05, 4.69) is 16.0 Å². The minimum Gasteiger partial charge on any atom is -0.508 e. The average Bonchev–Trinajstić information content (AvgIpc) is 2.78. The van der Waals surface area contributed by atoms with E-state index in [0.29, 0.717) is 18.5 Å². The highest BCUT2D eigenvalue weighted by Crippen LogP contribution is 2.18. The third-order valence-electron chi connectivity index (χ3n) is 4.55. The van der Waals surface area contributed by atoms with E-state index in [-0.39, 0.29) is 47.3 Å².